The van der Waals surface area contributed by atoms with Gasteiger partial charge in [0.05, 0.1) is 6.10 Å². The van der Waals surface area contributed by atoms with Crippen molar-refractivity contribution in [2.75, 3.05) is 6.61 Å². The van der Waals surface area contributed by atoms with Crippen molar-refractivity contribution in [3.63, 3.8) is 0 Å². The molecule has 1 unspecified atom stereocenters. The molecule has 2 heteroatoms. The van der Waals surface area contributed by atoms with E-state index in [4.69, 9.17) is 4.74 Å². The average molecular weight is 138 g/mol. The van der Waals surface area contributed by atoms with Crippen molar-refractivity contribution >= 4 is 6.29 Å². The van der Waals surface area contributed by atoms with Crippen LogP contribution in [-0.2, 0) is 9.53 Å². The summed E-state index contributed by atoms with van der Waals surface area (Å²) in [5, 5.41) is 0. The molecule has 10 heavy (non-hydrogen) atoms. The van der Waals surface area contributed by atoms with Crippen molar-refractivity contribution in [3.05, 3.63) is 24.3 Å². The number of carbonyl (C=O) groups is 1. The highest BCUT2D eigenvalue weighted by Crippen LogP contribution is 2.05. The SMILES string of the molecule is O=CCOC1C=CC=CC1. The fraction of sp³-hybridized carbons (Fsp3) is 0.375. The van der Waals surface area contributed by atoms with Crippen LogP contribution in [0.3, 0.4) is 0 Å². The number of rotatable bonds is 3. The zero-order chi connectivity index (χ0) is 7.23. The smallest absolute Gasteiger partial charge is 0.145 e. The molecule has 1 rings (SSSR count). The molecule has 0 aliphatic heterocycles. The second-order valence-electron chi connectivity index (χ2n) is 2.09. The molecule has 1 aliphatic rings. The number of ether oxygens (including phenoxy) is 1. The summed E-state index contributed by atoms with van der Waals surface area (Å²) in [6.07, 6.45) is 9.63. The third kappa shape index (κ3) is 2.15. The topological polar surface area (TPSA) is 26.3 Å². The van der Waals surface area contributed by atoms with Crippen LogP contribution in [0.4, 0.5) is 0 Å². The molecule has 0 saturated carbocycles. The van der Waals surface area contributed by atoms with Gasteiger partial charge in [-0.1, -0.05) is 24.3 Å². The Balaban J connectivity index is 2.23. The lowest BCUT2D eigenvalue weighted by Gasteiger charge is -2.11. The van der Waals surface area contributed by atoms with E-state index in [1.54, 1.807) is 0 Å². The van der Waals surface area contributed by atoms with Crippen LogP contribution in [0.1, 0.15) is 6.42 Å². The molecule has 54 valence electrons. The molecule has 1 aliphatic carbocycles. The minimum atomic E-state index is 0.107. The van der Waals surface area contributed by atoms with E-state index in [9.17, 15) is 4.79 Å². The molecular weight excluding hydrogens is 128 g/mol. The predicted octanol–water partition coefficient (Wildman–Crippen LogP) is 1.09. The van der Waals surface area contributed by atoms with E-state index in [1.807, 2.05) is 24.3 Å². The Kier molecular flexibility index (Phi) is 2.90. The van der Waals surface area contributed by atoms with E-state index in [1.165, 1.54) is 0 Å². The van der Waals surface area contributed by atoms with Gasteiger partial charge in [0.2, 0.25) is 0 Å². The number of allylic oxidation sites excluding steroid dienone is 2. The summed E-state index contributed by atoms with van der Waals surface area (Å²) < 4.78 is 5.13. The molecule has 0 N–H and O–H groups in total. The summed E-state index contributed by atoms with van der Waals surface area (Å²) in [7, 11) is 0. The van der Waals surface area contributed by atoms with Gasteiger partial charge in [0.1, 0.15) is 12.9 Å². The lowest BCUT2D eigenvalue weighted by Crippen LogP contribution is -2.11. The van der Waals surface area contributed by atoms with Gasteiger partial charge in [-0.3, -0.25) is 0 Å². The standard InChI is InChI=1S/C8H10O2/c9-6-7-10-8-4-2-1-3-5-8/h1-4,6,8H,5,7H2. The zero-order valence-corrected chi connectivity index (χ0v) is 5.69. The lowest BCUT2D eigenvalue weighted by molar-refractivity contribution is -0.112. The Bertz CT molecular complexity index is 159. The van der Waals surface area contributed by atoms with Crippen LogP contribution >= 0.6 is 0 Å². The molecule has 0 heterocycles. The van der Waals surface area contributed by atoms with E-state index in [2.05, 4.69) is 0 Å². The Morgan fingerprint density at radius 1 is 1.60 bits per heavy atom. The van der Waals surface area contributed by atoms with E-state index in [-0.39, 0.29) is 12.7 Å². The van der Waals surface area contributed by atoms with Gasteiger partial charge >= 0.3 is 0 Å². The zero-order valence-electron chi connectivity index (χ0n) is 5.69. The summed E-state index contributed by atoms with van der Waals surface area (Å²) >= 11 is 0. The molecule has 1 atom stereocenters. The van der Waals surface area contributed by atoms with Gasteiger partial charge in [0.25, 0.3) is 0 Å². The molecule has 2 nitrogen and oxygen atoms in total. The summed E-state index contributed by atoms with van der Waals surface area (Å²) in [5.41, 5.74) is 0. The number of hydrogen-bond acceptors (Lipinski definition) is 2. The van der Waals surface area contributed by atoms with Crippen LogP contribution in [-0.4, -0.2) is 19.0 Å². The first-order valence-corrected chi connectivity index (χ1v) is 3.32. The second kappa shape index (κ2) is 4.01. The highest BCUT2D eigenvalue weighted by Gasteiger charge is 2.02. The minimum Gasteiger partial charge on any atom is -0.366 e. The Morgan fingerprint density at radius 3 is 3.10 bits per heavy atom. The molecule has 0 amide bonds. The van der Waals surface area contributed by atoms with Gasteiger partial charge in [-0.25, -0.2) is 0 Å². The molecule has 0 saturated heterocycles. The second-order valence-corrected chi connectivity index (χ2v) is 2.09. The maximum Gasteiger partial charge on any atom is 0.145 e. The van der Waals surface area contributed by atoms with Crippen molar-refractivity contribution in [1.29, 1.82) is 0 Å². The normalized spacial score (nSPS) is 23.0. The largest absolute Gasteiger partial charge is 0.366 e. The third-order valence-electron chi connectivity index (χ3n) is 1.32. The van der Waals surface area contributed by atoms with Gasteiger partial charge in [-0.05, 0) is 6.42 Å². The first-order chi connectivity index (χ1) is 4.93. The molecule has 0 radical (unpaired) electrons. The summed E-state index contributed by atoms with van der Waals surface area (Å²) in [4.78, 5) is 9.88. The monoisotopic (exact) mass is 138 g/mol. The van der Waals surface area contributed by atoms with Gasteiger partial charge in [-0.2, -0.15) is 0 Å². The van der Waals surface area contributed by atoms with Crippen LogP contribution in [0.25, 0.3) is 0 Å². The van der Waals surface area contributed by atoms with Crippen molar-refractivity contribution in [2.24, 2.45) is 0 Å². The van der Waals surface area contributed by atoms with Crippen LogP contribution in [0.2, 0.25) is 0 Å². The van der Waals surface area contributed by atoms with Crippen LogP contribution < -0.4 is 0 Å². The first kappa shape index (κ1) is 7.22. The molecule has 0 bridgehead atoms. The van der Waals surface area contributed by atoms with Crippen LogP contribution in [0.5, 0.6) is 0 Å². The van der Waals surface area contributed by atoms with Crippen LogP contribution in [0, 0.1) is 0 Å². The van der Waals surface area contributed by atoms with Gasteiger partial charge in [0.15, 0.2) is 0 Å². The fourth-order valence-corrected chi connectivity index (χ4v) is 0.844. The summed E-state index contributed by atoms with van der Waals surface area (Å²) in [5.74, 6) is 0. The minimum absolute atomic E-state index is 0.107. The molecule has 0 aromatic heterocycles. The molecular formula is C8H10O2. The predicted molar refractivity (Wildman–Crippen MR) is 38.7 cm³/mol. The van der Waals surface area contributed by atoms with Crippen molar-refractivity contribution < 1.29 is 9.53 Å². The maximum atomic E-state index is 9.88. The quantitative estimate of drug-likeness (QED) is 0.545. The fourth-order valence-electron chi connectivity index (χ4n) is 0.844. The van der Waals surface area contributed by atoms with Crippen LogP contribution in [0.15, 0.2) is 24.3 Å². The number of carbonyl (C=O) groups excluding carboxylic acids is 1. The number of aldehydes is 1. The Labute approximate surface area is 60.2 Å². The number of hydrogen-bond donors (Lipinski definition) is 0. The van der Waals surface area contributed by atoms with E-state index >= 15 is 0 Å². The van der Waals surface area contributed by atoms with Gasteiger partial charge in [-0.15, -0.1) is 0 Å². The maximum absolute atomic E-state index is 9.88. The average Bonchev–Trinajstić information content (AvgIpc) is 2.03. The molecule has 0 aromatic rings. The molecule has 0 aromatic carbocycles. The van der Waals surface area contributed by atoms with E-state index in [0.29, 0.717) is 0 Å². The lowest BCUT2D eigenvalue weighted by atomic mass is 10.1. The van der Waals surface area contributed by atoms with E-state index < -0.39 is 0 Å². The Morgan fingerprint density at radius 2 is 2.50 bits per heavy atom. The van der Waals surface area contributed by atoms with E-state index in [0.717, 1.165) is 12.7 Å². The molecule has 0 fully saturated rings. The van der Waals surface area contributed by atoms with Crippen molar-refractivity contribution in [3.8, 4) is 0 Å². The van der Waals surface area contributed by atoms with Crippen molar-refractivity contribution in [2.45, 2.75) is 12.5 Å². The molecule has 0 spiro atoms. The van der Waals surface area contributed by atoms with Gasteiger partial charge in [0, 0.05) is 0 Å². The first-order valence-electron chi connectivity index (χ1n) is 3.32. The highest BCUT2D eigenvalue weighted by atomic mass is 16.5. The van der Waals surface area contributed by atoms with Crippen molar-refractivity contribution in [1.82, 2.24) is 0 Å². The summed E-state index contributed by atoms with van der Waals surface area (Å²) in [6.45, 7) is 0.197. The highest BCUT2D eigenvalue weighted by molar-refractivity contribution is 5.50. The third-order valence-corrected chi connectivity index (χ3v) is 1.32. The Hall–Kier alpha value is -0.890. The van der Waals surface area contributed by atoms with Gasteiger partial charge < -0.3 is 9.53 Å². The summed E-state index contributed by atoms with van der Waals surface area (Å²) in [6, 6.07) is 0.